The van der Waals surface area contributed by atoms with Gasteiger partial charge in [0.25, 0.3) is 0 Å². The maximum Gasteiger partial charge on any atom is 0.211 e. The number of nitrogens with one attached hydrogen (secondary N) is 2. The zero-order chi connectivity index (χ0) is 12.9. The molecule has 0 spiro atoms. The Bertz CT molecular complexity index is 314. The molecule has 4 nitrogen and oxygen atoms in total. The highest BCUT2D eigenvalue weighted by atomic mass is 32.2. The second-order valence-corrected chi connectivity index (χ2v) is 7.16. The average Bonchev–Trinajstić information content (AvgIpc) is 2.91. The second kappa shape index (κ2) is 6.71. The van der Waals surface area contributed by atoms with Crippen molar-refractivity contribution in [1.82, 2.24) is 10.0 Å². The van der Waals surface area contributed by atoms with Crippen LogP contribution < -0.4 is 10.0 Å². The van der Waals surface area contributed by atoms with Crippen LogP contribution >= 0.6 is 0 Å². The van der Waals surface area contributed by atoms with Gasteiger partial charge in [-0.3, -0.25) is 0 Å². The Morgan fingerprint density at radius 3 is 2.65 bits per heavy atom. The summed E-state index contributed by atoms with van der Waals surface area (Å²) in [6.45, 7) is 7.03. The quantitative estimate of drug-likeness (QED) is 0.619. The molecule has 0 heterocycles. The van der Waals surface area contributed by atoms with Crippen LogP contribution in [0, 0.1) is 5.92 Å². The molecule has 0 amide bonds. The minimum Gasteiger partial charge on any atom is -0.314 e. The number of rotatable bonds is 9. The van der Waals surface area contributed by atoms with Crippen molar-refractivity contribution in [2.45, 2.75) is 58.5 Å². The summed E-state index contributed by atoms with van der Waals surface area (Å²) in [5.74, 6) is 0.825. The lowest BCUT2D eigenvalue weighted by atomic mass is 10.2. The van der Waals surface area contributed by atoms with Crippen LogP contribution in [0.4, 0.5) is 0 Å². The van der Waals surface area contributed by atoms with Crippen molar-refractivity contribution in [1.29, 1.82) is 0 Å². The summed E-state index contributed by atoms with van der Waals surface area (Å²) < 4.78 is 26.3. The van der Waals surface area contributed by atoms with Crippen molar-refractivity contribution in [3.63, 3.8) is 0 Å². The molecule has 1 aliphatic rings. The van der Waals surface area contributed by atoms with E-state index < -0.39 is 10.0 Å². The highest BCUT2D eigenvalue weighted by Gasteiger charge is 2.38. The predicted molar refractivity (Wildman–Crippen MR) is 71.5 cm³/mol. The molecule has 0 aliphatic heterocycles. The molecule has 2 N–H and O–H groups in total. The Balaban J connectivity index is 2.14. The van der Waals surface area contributed by atoms with E-state index >= 15 is 0 Å². The highest BCUT2D eigenvalue weighted by Crippen LogP contribution is 2.34. The van der Waals surface area contributed by atoms with E-state index in [1.165, 1.54) is 0 Å². The van der Waals surface area contributed by atoms with E-state index in [0.717, 1.165) is 25.8 Å². The SMILES string of the molecule is CCCC1CC1NS(=O)(=O)CCCNC(C)C. The molecule has 2 unspecified atom stereocenters. The molecular weight excluding hydrogens is 236 g/mol. The lowest BCUT2D eigenvalue weighted by Gasteiger charge is -2.09. The summed E-state index contributed by atoms with van der Waals surface area (Å²) in [6, 6.07) is 0.640. The Morgan fingerprint density at radius 1 is 1.35 bits per heavy atom. The molecule has 1 rings (SSSR count). The monoisotopic (exact) mass is 262 g/mol. The summed E-state index contributed by atoms with van der Waals surface area (Å²) in [5, 5.41) is 3.22. The van der Waals surface area contributed by atoms with E-state index in [4.69, 9.17) is 0 Å². The Kier molecular flexibility index (Phi) is 5.89. The standard InChI is InChI=1S/C12H26N2O2S/c1-4-6-11-9-12(11)14-17(15,16)8-5-7-13-10(2)3/h10-14H,4-9H2,1-3H3. The van der Waals surface area contributed by atoms with Crippen LogP contribution in [0.15, 0.2) is 0 Å². The van der Waals surface area contributed by atoms with Crippen LogP contribution in [0.25, 0.3) is 0 Å². The summed E-state index contributed by atoms with van der Waals surface area (Å²) >= 11 is 0. The fourth-order valence-corrected chi connectivity index (χ4v) is 3.42. The van der Waals surface area contributed by atoms with E-state index in [1.807, 2.05) is 0 Å². The first-order valence-electron chi connectivity index (χ1n) is 6.68. The van der Waals surface area contributed by atoms with Crippen molar-refractivity contribution >= 4 is 10.0 Å². The molecular formula is C12H26N2O2S. The van der Waals surface area contributed by atoms with E-state index in [0.29, 0.717) is 18.4 Å². The smallest absolute Gasteiger partial charge is 0.211 e. The van der Waals surface area contributed by atoms with Crippen molar-refractivity contribution in [2.24, 2.45) is 5.92 Å². The third-order valence-electron chi connectivity index (χ3n) is 3.06. The van der Waals surface area contributed by atoms with Gasteiger partial charge in [-0.2, -0.15) is 0 Å². The van der Waals surface area contributed by atoms with Crippen LogP contribution in [-0.4, -0.2) is 32.8 Å². The van der Waals surface area contributed by atoms with Crippen LogP contribution in [0.3, 0.4) is 0 Å². The second-order valence-electron chi connectivity index (χ2n) is 5.29. The van der Waals surface area contributed by atoms with Gasteiger partial charge in [0.05, 0.1) is 5.75 Å². The van der Waals surface area contributed by atoms with E-state index in [9.17, 15) is 8.42 Å². The Labute approximate surface area is 106 Å². The highest BCUT2D eigenvalue weighted by molar-refractivity contribution is 7.89. The predicted octanol–water partition coefficient (Wildman–Crippen LogP) is 1.48. The summed E-state index contributed by atoms with van der Waals surface area (Å²) in [5.41, 5.74) is 0. The number of sulfonamides is 1. The molecule has 0 aromatic heterocycles. The molecule has 5 heteroatoms. The van der Waals surface area contributed by atoms with Gasteiger partial charge in [-0.25, -0.2) is 13.1 Å². The van der Waals surface area contributed by atoms with Crippen molar-refractivity contribution in [2.75, 3.05) is 12.3 Å². The average molecular weight is 262 g/mol. The number of hydrogen-bond donors (Lipinski definition) is 2. The molecule has 1 fully saturated rings. The van der Waals surface area contributed by atoms with Gasteiger partial charge in [0.2, 0.25) is 10.0 Å². The van der Waals surface area contributed by atoms with Crippen molar-refractivity contribution in [3.05, 3.63) is 0 Å². The lowest BCUT2D eigenvalue weighted by Crippen LogP contribution is -2.32. The Morgan fingerprint density at radius 2 is 2.06 bits per heavy atom. The normalized spacial score (nSPS) is 24.2. The van der Waals surface area contributed by atoms with Crippen LogP contribution in [0.2, 0.25) is 0 Å². The first-order chi connectivity index (χ1) is 7.94. The molecule has 102 valence electrons. The van der Waals surface area contributed by atoms with Crippen LogP contribution in [0.1, 0.15) is 46.5 Å². The minimum atomic E-state index is -3.06. The van der Waals surface area contributed by atoms with Gasteiger partial charge in [-0.15, -0.1) is 0 Å². The molecule has 0 saturated heterocycles. The fourth-order valence-electron chi connectivity index (χ4n) is 2.02. The lowest BCUT2D eigenvalue weighted by molar-refractivity contribution is 0.556. The minimum absolute atomic E-state index is 0.220. The molecule has 2 atom stereocenters. The van der Waals surface area contributed by atoms with E-state index in [1.54, 1.807) is 0 Å². The van der Waals surface area contributed by atoms with E-state index in [-0.39, 0.29) is 11.8 Å². The first kappa shape index (κ1) is 14.9. The van der Waals surface area contributed by atoms with Gasteiger partial charge in [0.15, 0.2) is 0 Å². The van der Waals surface area contributed by atoms with Gasteiger partial charge in [0.1, 0.15) is 0 Å². The topological polar surface area (TPSA) is 58.2 Å². The van der Waals surface area contributed by atoms with Gasteiger partial charge >= 0.3 is 0 Å². The molecule has 0 radical (unpaired) electrons. The van der Waals surface area contributed by atoms with Gasteiger partial charge < -0.3 is 5.32 Å². The van der Waals surface area contributed by atoms with Gasteiger partial charge in [-0.1, -0.05) is 27.2 Å². The molecule has 1 aliphatic carbocycles. The zero-order valence-corrected chi connectivity index (χ0v) is 12.0. The first-order valence-corrected chi connectivity index (χ1v) is 8.33. The van der Waals surface area contributed by atoms with Gasteiger partial charge in [0, 0.05) is 12.1 Å². The summed E-state index contributed by atoms with van der Waals surface area (Å²) in [6.07, 6.45) is 3.99. The largest absolute Gasteiger partial charge is 0.314 e. The number of hydrogen-bond acceptors (Lipinski definition) is 3. The summed E-state index contributed by atoms with van der Waals surface area (Å²) in [4.78, 5) is 0. The van der Waals surface area contributed by atoms with E-state index in [2.05, 4.69) is 30.8 Å². The van der Waals surface area contributed by atoms with Crippen molar-refractivity contribution < 1.29 is 8.42 Å². The molecule has 0 bridgehead atoms. The third kappa shape index (κ3) is 6.38. The maximum absolute atomic E-state index is 11.7. The molecule has 17 heavy (non-hydrogen) atoms. The maximum atomic E-state index is 11.7. The molecule has 0 aromatic carbocycles. The van der Waals surface area contributed by atoms with Crippen molar-refractivity contribution in [3.8, 4) is 0 Å². The molecule has 0 aromatic rings. The molecule has 1 saturated carbocycles. The zero-order valence-electron chi connectivity index (χ0n) is 11.2. The Hall–Kier alpha value is -0.130. The third-order valence-corrected chi connectivity index (χ3v) is 4.54. The van der Waals surface area contributed by atoms with Gasteiger partial charge in [-0.05, 0) is 31.7 Å². The van der Waals surface area contributed by atoms with Crippen LogP contribution in [0.5, 0.6) is 0 Å². The van der Waals surface area contributed by atoms with Crippen LogP contribution in [-0.2, 0) is 10.0 Å². The fraction of sp³-hybridized carbons (Fsp3) is 1.00. The summed E-state index contributed by atoms with van der Waals surface area (Å²) in [7, 11) is -3.06.